The van der Waals surface area contributed by atoms with Crippen LogP contribution < -0.4 is 21.1 Å². The van der Waals surface area contributed by atoms with Crippen LogP contribution in [0.1, 0.15) is 12.8 Å². The van der Waals surface area contributed by atoms with Gasteiger partial charge in [0.15, 0.2) is 11.7 Å². The van der Waals surface area contributed by atoms with E-state index in [0.29, 0.717) is 6.54 Å². The van der Waals surface area contributed by atoms with Gasteiger partial charge in [-0.05, 0) is 37.1 Å². The molecule has 9 heteroatoms. The smallest absolute Gasteiger partial charge is 0.404 e. The van der Waals surface area contributed by atoms with Crippen molar-refractivity contribution < 1.29 is 17.9 Å². The Morgan fingerprint density at radius 3 is 2.62 bits per heavy atom. The van der Waals surface area contributed by atoms with Crippen LogP contribution in [0.5, 0.6) is 5.75 Å². The van der Waals surface area contributed by atoms with Crippen LogP contribution >= 0.6 is 0 Å². The number of nitrogens with one attached hydrogen (secondary N) is 2. The molecule has 0 aliphatic heterocycles. The molecular weight excluding hydrogens is 347 g/mol. The Kier molecular flexibility index (Phi) is 7.07. The molecule has 1 aromatic heterocycles. The maximum Gasteiger partial charge on any atom is 0.573 e. The first-order valence-electron chi connectivity index (χ1n) is 8.01. The number of nitrogens with zero attached hydrogens (tertiary/aromatic N) is 2. The molecule has 0 saturated carbocycles. The summed E-state index contributed by atoms with van der Waals surface area (Å²) in [5.41, 5.74) is 5.82. The van der Waals surface area contributed by atoms with Crippen molar-refractivity contribution in [1.29, 1.82) is 0 Å². The topological polar surface area (TPSA) is 84.6 Å². The highest BCUT2D eigenvalue weighted by atomic mass is 19.4. The third kappa shape index (κ3) is 7.29. The number of para-hydroxylation sites is 2. The van der Waals surface area contributed by atoms with Gasteiger partial charge in [-0.25, -0.2) is 4.98 Å². The third-order valence-corrected chi connectivity index (χ3v) is 3.21. The van der Waals surface area contributed by atoms with E-state index in [9.17, 15) is 13.2 Å². The van der Waals surface area contributed by atoms with Gasteiger partial charge in [0.1, 0.15) is 5.82 Å². The lowest BCUT2D eigenvalue weighted by atomic mass is 10.3. The normalized spacial score (nSPS) is 11.9. The molecule has 0 fully saturated rings. The summed E-state index contributed by atoms with van der Waals surface area (Å²) >= 11 is 0. The fourth-order valence-corrected chi connectivity index (χ4v) is 2.08. The van der Waals surface area contributed by atoms with Crippen LogP contribution in [-0.2, 0) is 0 Å². The molecule has 0 atom stereocenters. The summed E-state index contributed by atoms with van der Waals surface area (Å²) in [6.45, 7) is 1.19. The number of unbranched alkanes of at least 4 members (excludes halogenated alkanes) is 1. The Labute approximate surface area is 149 Å². The minimum Gasteiger partial charge on any atom is -0.404 e. The highest BCUT2D eigenvalue weighted by molar-refractivity contribution is 5.93. The molecular formula is C17H20F3N5O. The molecule has 4 N–H and O–H groups in total. The van der Waals surface area contributed by atoms with Crippen LogP contribution in [0.2, 0.25) is 0 Å². The summed E-state index contributed by atoms with van der Waals surface area (Å²) in [7, 11) is 0. The Balaban J connectivity index is 1.74. The molecule has 0 saturated heterocycles. The van der Waals surface area contributed by atoms with Crippen molar-refractivity contribution in [3.8, 4) is 5.75 Å². The monoisotopic (exact) mass is 367 g/mol. The molecule has 0 bridgehead atoms. The van der Waals surface area contributed by atoms with Crippen LogP contribution in [0.25, 0.3) is 0 Å². The quantitative estimate of drug-likeness (QED) is 0.377. The van der Waals surface area contributed by atoms with Crippen LogP contribution in [0.15, 0.2) is 53.7 Å². The zero-order valence-corrected chi connectivity index (χ0v) is 14.0. The molecule has 2 rings (SSSR count). The number of hydrogen-bond acceptors (Lipinski definition) is 4. The van der Waals surface area contributed by atoms with E-state index in [1.165, 1.54) is 18.2 Å². The number of aliphatic imine (C=N–C) groups is 1. The number of pyridine rings is 1. The van der Waals surface area contributed by atoms with E-state index in [2.05, 4.69) is 25.3 Å². The van der Waals surface area contributed by atoms with E-state index >= 15 is 0 Å². The first kappa shape index (κ1) is 19.4. The molecule has 6 nitrogen and oxygen atoms in total. The molecule has 0 aliphatic rings. The number of rotatable bonds is 8. The van der Waals surface area contributed by atoms with Gasteiger partial charge in [0.25, 0.3) is 0 Å². The van der Waals surface area contributed by atoms with Crippen molar-refractivity contribution in [1.82, 2.24) is 4.98 Å². The van der Waals surface area contributed by atoms with Gasteiger partial charge >= 0.3 is 6.36 Å². The van der Waals surface area contributed by atoms with Crippen molar-refractivity contribution in [3.05, 3.63) is 48.7 Å². The minimum absolute atomic E-state index is 0.0286. The molecule has 26 heavy (non-hydrogen) atoms. The Morgan fingerprint density at radius 1 is 1.12 bits per heavy atom. The maximum atomic E-state index is 12.4. The van der Waals surface area contributed by atoms with Gasteiger partial charge in [0.2, 0.25) is 0 Å². The van der Waals surface area contributed by atoms with Crippen LogP contribution in [0, 0.1) is 0 Å². The zero-order chi connectivity index (χ0) is 18.8. The zero-order valence-electron chi connectivity index (χ0n) is 14.0. The predicted octanol–water partition coefficient (Wildman–Crippen LogP) is 3.60. The van der Waals surface area contributed by atoms with E-state index in [-0.39, 0.29) is 17.4 Å². The number of hydrogen-bond donors (Lipinski definition) is 3. The summed E-state index contributed by atoms with van der Waals surface area (Å²) in [5, 5.41) is 5.80. The lowest BCUT2D eigenvalue weighted by Gasteiger charge is -2.14. The number of nitrogens with two attached hydrogens (primary N) is 1. The largest absolute Gasteiger partial charge is 0.573 e. The van der Waals surface area contributed by atoms with E-state index in [1.54, 1.807) is 12.3 Å². The molecule has 0 aliphatic carbocycles. The molecule has 1 aromatic carbocycles. The molecule has 0 spiro atoms. The first-order valence-corrected chi connectivity index (χ1v) is 8.01. The van der Waals surface area contributed by atoms with Gasteiger partial charge < -0.3 is 21.1 Å². The van der Waals surface area contributed by atoms with Crippen LogP contribution in [0.3, 0.4) is 0 Å². The summed E-state index contributed by atoms with van der Waals surface area (Å²) in [5.74, 6) is 0.470. The molecule has 0 amide bonds. The van der Waals surface area contributed by atoms with Gasteiger partial charge in [0, 0.05) is 19.3 Å². The molecule has 0 unspecified atom stereocenters. The minimum atomic E-state index is -4.77. The third-order valence-electron chi connectivity index (χ3n) is 3.21. The number of ether oxygens (including phenoxy) is 1. The molecule has 1 heterocycles. The van der Waals surface area contributed by atoms with Crippen LogP contribution in [-0.4, -0.2) is 30.4 Å². The number of aromatic nitrogens is 1. The van der Waals surface area contributed by atoms with Gasteiger partial charge in [0.05, 0.1) is 5.69 Å². The van der Waals surface area contributed by atoms with E-state index in [4.69, 9.17) is 5.73 Å². The van der Waals surface area contributed by atoms with Gasteiger partial charge in [-0.2, -0.15) is 0 Å². The summed E-state index contributed by atoms with van der Waals surface area (Å²) in [4.78, 5) is 8.25. The number of alkyl halides is 3. The lowest BCUT2D eigenvalue weighted by molar-refractivity contribution is -0.274. The molecule has 140 valence electrons. The number of anilines is 2. The van der Waals surface area contributed by atoms with Gasteiger partial charge in [-0.15, -0.1) is 13.2 Å². The first-order chi connectivity index (χ1) is 12.4. The van der Waals surface area contributed by atoms with E-state index in [1.807, 2.05) is 18.2 Å². The van der Waals surface area contributed by atoms with E-state index in [0.717, 1.165) is 25.2 Å². The average Bonchev–Trinajstić information content (AvgIpc) is 2.59. The summed E-state index contributed by atoms with van der Waals surface area (Å²) in [6.07, 6.45) is -1.45. The average molecular weight is 367 g/mol. The number of benzene rings is 1. The standard InChI is InChI=1S/C17H20F3N5O/c18-17(19,20)26-14-8-2-1-7-13(14)25-16(21)24-12-6-5-11-23-15-9-3-4-10-22-15/h1-4,7-10H,5-6,11-12H2,(H,22,23)(H3,21,24,25). The number of halogens is 3. The van der Waals surface area contributed by atoms with Gasteiger partial charge in [-0.3, -0.25) is 4.99 Å². The second-order valence-electron chi connectivity index (χ2n) is 5.28. The second-order valence-corrected chi connectivity index (χ2v) is 5.28. The Hall–Kier alpha value is -2.97. The van der Waals surface area contributed by atoms with Crippen molar-refractivity contribution in [2.24, 2.45) is 10.7 Å². The predicted molar refractivity (Wildman–Crippen MR) is 95.2 cm³/mol. The second kappa shape index (κ2) is 9.50. The lowest BCUT2D eigenvalue weighted by Crippen LogP contribution is -2.24. The van der Waals surface area contributed by atoms with Crippen molar-refractivity contribution in [3.63, 3.8) is 0 Å². The SMILES string of the molecule is NC(=NCCCCNc1ccccn1)Nc1ccccc1OC(F)(F)F. The van der Waals surface area contributed by atoms with Crippen molar-refractivity contribution in [2.45, 2.75) is 19.2 Å². The highest BCUT2D eigenvalue weighted by Crippen LogP contribution is 2.29. The summed E-state index contributed by atoms with van der Waals surface area (Å²) in [6, 6.07) is 11.3. The van der Waals surface area contributed by atoms with Crippen molar-refractivity contribution in [2.75, 3.05) is 23.7 Å². The maximum absolute atomic E-state index is 12.4. The fraction of sp³-hybridized carbons (Fsp3) is 0.294. The Morgan fingerprint density at radius 2 is 1.88 bits per heavy atom. The van der Waals surface area contributed by atoms with E-state index < -0.39 is 6.36 Å². The van der Waals surface area contributed by atoms with Crippen molar-refractivity contribution >= 4 is 17.5 Å². The van der Waals surface area contributed by atoms with Crippen LogP contribution in [0.4, 0.5) is 24.7 Å². The Bertz CT molecular complexity index is 707. The fourth-order valence-electron chi connectivity index (χ4n) is 2.08. The van der Waals surface area contributed by atoms with Gasteiger partial charge in [-0.1, -0.05) is 18.2 Å². The number of guanidine groups is 1. The highest BCUT2D eigenvalue weighted by Gasteiger charge is 2.32. The molecule has 2 aromatic rings. The molecule has 0 radical (unpaired) electrons. The summed E-state index contributed by atoms with van der Waals surface area (Å²) < 4.78 is 41.1.